The van der Waals surface area contributed by atoms with Crippen molar-refractivity contribution >= 4 is 28.0 Å². The van der Waals surface area contributed by atoms with Crippen molar-refractivity contribution < 1.29 is 32.6 Å². The number of nitrogens with zero attached hydrogens (tertiary/aromatic N) is 1. The van der Waals surface area contributed by atoms with Crippen molar-refractivity contribution in [2.45, 2.75) is 71.4 Å². The molecule has 5 N–H and O–H groups in total. The van der Waals surface area contributed by atoms with Gasteiger partial charge in [0, 0.05) is 24.3 Å². The molecule has 0 radical (unpaired) electrons. The third-order valence-corrected chi connectivity index (χ3v) is 11.5. The highest BCUT2D eigenvalue weighted by Crippen LogP contribution is 2.51. The van der Waals surface area contributed by atoms with Gasteiger partial charge < -0.3 is 25.6 Å². The third kappa shape index (κ3) is 5.97. The molecular weight excluding hydrogens is 608 g/mol. The lowest BCUT2D eigenvalue weighted by molar-refractivity contribution is -0.141. The summed E-state index contributed by atoms with van der Waals surface area (Å²) in [6.45, 7) is 9.06. The van der Waals surface area contributed by atoms with Gasteiger partial charge in [0.05, 0.1) is 4.91 Å². The molecule has 12 heteroatoms. The highest BCUT2D eigenvalue weighted by atomic mass is 32.2. The van der Waals surface area contributed by atoms with Crippen molar-refractivity contribution in [3.8, 4) is 11.1 Å². The van der Waals surface area contributed by atoms with Gasteiger partial charge in [-0.25, -0.2) is 18.0 Å². The number of nitrogens with one attached hydrogen (secondary N) is 2. The fraction of sp³-hybridized carbons (Fsp3) is 0.441. The number of aliphatic carboxylic acids is 1. The molecule has 2 aliphatic carbocycles. The van der Waals surface area contributed by atoms with Crippen LogP contribution in [0.2, 0.25) is 0 Å². The minimum absolute atomic E-state index is 0.0123. The zero-order valence-corrected chi connectivity index (χ0v) is 27.6. The van der Waals surface area contributed by atoms with Gasteiger partial charge in [-0.15, -0.1) is 0 Å². The molecular formula is C34H42N4O7S. The van der Waals surface area contributed by atoms with Gasteiger partial charge in [0.1, 0.15) is 24.0 Å². The van der Waals surface area contributed by atoms with E-state index >= 15 is 0 Å². The molecule has 0 aromatic heterocycles. The topological polar surface area (TPSA) is 172 Å². The first-order chi connectivity index (χ1) is 21.7. The summed E-state index contributed by atoms with van der Waals surface area (Å²) in [5.41, 5.74) is 9.83. The van der Waals surface area contributed by atoms with Gasteiger partial charge in [0.2, 0.25) is 0 Å². The highest BCUT2D eigenvalue weighted by molar-refractivity contribution is 7.93. The summed E-state index contributed by atoms with van der Waals surface area (Å²) >= 11 is 0. The molecule has 2 aromatic carbocycles. The molecule has 46 heavy (non-hydrogen) atoms. The number of ether oxygens (including phenoxy) is 2. The Morgan fingerprint density at radius 2 is 1.70 bits per heavy atom. The van der Waals surface area contributed by atoms with E-state index < -0.39 is 39.6 Å². The summed E-state index contributed by atoms with van der Waals surface area (Å²) in [7, 11) is -4.71. The van der Waals surface area contributed by atoms with Gasteiger partial charge in [-0.05, 0) is 80.4 Å². The fourth-order valence-electron chi connectivity index (χ4n) is 7.13. The van der Waals surface area contributed by atoms with Gasteiger partial charge in [-0.2, -0.15) is 4.31 Å². The summed E-state index contributed by atoms with van der Waals surface area (Å²) in [4.78, 5) is 26.8. The predicted octanol–water partition coefficient (Wildman–Crippen LogP) is 5.30. The number of allylic oxidation sites excluding steroid dienone is 4. The highest BCUT2D eigenvalue weighted by Gasteiger charge is 2.51. The molecule has 11 nitrogen and oxygen atoms in total. The van der Waals surface area contributed by atoms with Crippen LogP contribution in [-0.4, -0.2) is 60.6 Å². The van der Waals surface area contributed by atoms with Gasteiger partial charge in [0.15, 0.2) is 5.96 Å². The lowest BCUT2D eigenvalue weighted by Crippen LogP contribution is -2.51. The number of carboxylic acid groups (broad SMARTS) is 1. The molecule has 1 saturated heterocycles. The van der Waals surface area contributed by atoms with E-state index in [2.05, 4.69) is 5.32 Å². The number of sulfonamides is 1. The Labute approximate surface area is 270 Å². The largest absolute Gasteiger partial charge is 0.492 e. The van der Waals surface area contributed by atoms with E-state index in [1.54, 1.807) is 20.8 Å². The molecule has 0 bridgehead atoms. The predicted molar refractivity (Wildman–Crippen MR) is 174 cm³/mol. The zero-order valence-electron chi connectivity index (χ0n) is 26.8. The Morgan fingerprint density at radius 1 is 1.11 bits per heavy atom. The van der Waals surface area contributed by atoms with E-state index in [9.17, 15) is 23.1 Å². The number of fused-ring (bicyclic) bond motifs is 4. The van der Waals surface area contributed by atoms with Gasteiger partial charge in [-0.3, -0.25) is 5.41 Å². The van der Waals surface area contributed by atoms with E-state index in [1.165, 1.54) is 0 Å². The third-order valence-electron chi connectivity index (χ3n) is 9.34. The normalized spacial score (nSPS) is 20.7. The number of guanidine groups is 1. The van der Waals surface area contributed by atoms with E-state index in [1.807, 2.05) is 62.4 Å². The zero-order chi connectivity index (χ0) is 33.6. The molecule has 2 unspecified atom stereocenters. The summed E-state index contributed by atoms with van der Waals surface area (Å²) in [5.74, 6) is -2.25. The van der Waals surface area contributed by atoms with E-state index in [0.717, 1.165) is 28.0 Å². The second-order valence-corrected chi connectivity index (χ2v) is 14.7. The SMILES string of the molecule is CC1=C2OC(C)(C)CC2C(C)C(S(=O)(=O)N(C(=O)OCC2c3ccccc3-c3ccccc32)[C@@H](CCCNC(=N)N)C(=O)O)=C1C. The maximum absolute atomic E-state index is 14.7. The molecule has 0 spiro atoms. The number of benzene rings is 2. The monoisotopic (exact) mass is 650 g/mol. The maximum atomic E-state index is 14.7. The Kier molecular flexibility index (Phi) is 8.96. The second kappa shape index (κ2) is 12.5. The molecule has 246 valence electrons. The number of hydrogen-bond donors (Lipinski definition) is 4. The van der Waals surface area contributed by atoms with Crippen molar-refractivity contribution in [2.75, 3.05) is 13.2 Å². The Hall–Kier alpha value is -4.32. The van der Waals surface area contributed by atoms with Crippen molar-refractivity contribution in [2.24, 2.45) is 17.6 Å². The quantitative estimate of drug-likeness (QED) is 0.151. The molecule has 2 aromatic rings. The van der Waals surface area contributed by atoms with Gasteiger partial charge in [-0.1, -0.05) is 55.5 Å². The fourth-order valence-corrected chi connectivity index (χ4v) is 9.30. The maximum Gasteiger partial charge on any atom is 0.424 e. The second-order valence-electron chi connectivity index (χ2n) is 12.9. The van der Waals surface area contributed by atoms with Crippen LogP contribution in [0.1, 0.15) is 70.9 Å². The van der Waals surface area contributed by atoms with Crippen LogP contribution in [0, 0.1) is 17.2 Å². The summed E-state index contributed by atoms with van der Waals surface area (Å²) in [6.07, 6.45) is -0.784. The van der Waals surface area contributed by atoms with E-state index in [-0.39, 0.29) is 48.7 Å². The van der Waals surface area contributed by atoms with Crippen LogP contribution in [0.25, 0.3) is 11.1 Å². The molecule has 0 saturated carbocycles. The summed E-state index contributed by atoms with van der Waals surface area (Å²) < 4.78 is 41.8. The summed E-state index contributed by atoms with van der Waals surface area (Å²) in [6, 6.07) is 13.7. The van der Waals surface area contributed by atoms with Crippen molar-refractivity contribution in [1.29, 1.82) is 5.41 Å². The lowest BCUT2D eigenvalue weighted by atomic mass is 9.79. The number of nitrogens with two attached hydrogens (primary N) is 1. The molecule has 3 atom stereocenters. The number of carbonyl (C=O) groups excluding carboxylic acids is 1. The van der Waals surface area contributed by atoms with Crippen LogP contribution < -0.4 is 11.1 Å². The Bertz CT molecular complexity index is 1700. The Morgan fingerprint density at radius 3 is 2.26 bits per heavy atom. The minimum Gasteiger partial charge on any atom is -0.492 e. The first-order valence-corrected chi connectivity index (χ1v) is 16.9. The number of hydrogen-bond acceptors (Lipinski definition) is 7. The average Bonchev–Trinajstić information content (AvgIpc) is 3.50. The van der Waals surface area contributed by atoms with Crippen LogP contribution in [0.15, 0.2) is 70.3 Å². The smallest absolute Gasteiger partial charge is 0.424 e. The van der Waals surface area contributed by atoms with Crippen LogP contribution in [0.4, 0.5) is 4.79 Å². The van der Waals surface area contributed by atoms with Crippen LogP contribution in [0.3, 0.4) is 0 Å². The van der Waals surface area contributed by atoms with E-state index in [4.69, 9.17) is 20.6 Å². The average molecular weight is 651 g/mol. The Balaban J connectivity index is 1.52. The number of carbonyl (C=O) groups is 2. The standard InChI is InChI=1S/C34H42N4O7S/c1-19-20(2)30(21(3)26-17-34(4,5)45-29(19)26)46(42,43)38(28(31(39)40)15-10-16-37-32(35)36)33(41)44-18-27-24-13-8-6-11-22(24)23-12-7-9-14-25(23)27/h6-9,11-14,21,26-28H,10,15-18H2,1-5H3,(H,39,40)(H4,35,36,37)/t21?,26?,28-/m0/s1. The molecule has 1 fully saturated rings. The van der Waals surface area contributed by atoms with Crippen molar-refractivity contribution in [3.63, 3.8) is 0 Å². The molecule has 1 aliphatic heterocycles. The van der Waals surface area contributed by atoms with E-state index in [0.29, 0.717) is 21.9 Å². The molecule has 1 heterocycles. The van der Waals surface area contributed by atoms with Crippen LogP contribution >= 0.6 is 0 Å². The first kappa shape index (κ1) is 33.1. The van der Waals surface area contributed by atoms with Crippen LogP contribution in [0.5, 0.6) is 0 Å². The van der Waals surface area contributed by atoms with Crippen LogP contribution in [-0.2, 0) is 24.3 Å². The summed E-state index contributed by atoms with van der Waals surface area (Å²) in [5, 5.41) is 20.3. The number of carboxylic acids is 1. The van der Waals surface area contributed by atoms with Crippen molar-refractivity contribution in [1.82, 2.24) is 9.62 Å². The molecule has 3 aliphatic rings. The first-order valence-electron chi connectivity index (χ1n) is 15.5. The molecule has 1 amide bonds. The minimum atomic E-state index is -4.71. The number of rotatable bonds is 10. The lowest BCUT2D eigenvalue weighted by Gasteiger charge is -2.35. The van der Waals surface area contributed by atoms with Gasteiger partial charge >= 0.3 is 12.1 Å². The number of amides is 1. The van der Waals surface area contributed by atoms with Gasteiger partial charge in [0.25, 0.3) is 10.0 Å². The van der Waals surface area contributed by atoms with Crippen molar-refractivity contribution in [3.05, 3.63) is 81.5 Å². The molecule has 5 rings (SSSR count).